The molecule has 0 N–H and O–H groups in total. The van der Waals surface area contributed by atoms with Crippen molar-refractivity contribution in [2.24, 2.45) is 0 Å². The van der Waals surface area contributed by atoms with Gasteiger partial charge in [-0.2, -0.15) is 0 Å². The van der Waals surface area contributed by atoms with Crippen LogP contribution in [0.3, 0.4) is 0 Å². The molecular weight excluding hydrogens is 257 g/mol. The van der Waals surface area contributed by atoms with E-state index in [2.05, 4.69) is 4.98 Å². The fourth-order valence-corrected chi connectivity index (χ4v) is 3.45. The molecule has 0 saturated carbocycles. The average molecular weight is 264 g/mol. The molecule has 74 valence electrons. The van der Waals surface area contributed by atoms with E-state index < -0.39 is 0 Å². The van der Waals surface area contributed by atoms with Crippen LogP contribution >= 0.6 is 45.9 Å². The first-order valence-corrected chi connectivity index (χ1v) is 6.53. The maximum absolute atomic E-state index is 5.86. The number of aryl methyl sites for hydroxylation is 1. The Bertz CT molecular complexity index is 447. The molecule has 0 aliphatic rings. The zero-order valence-electron chi connectivity index (χ0n) is 7.38. The number of nitrogens with zero attached hydrogens (tertiary/aromatic N) is 1. The van der Waals surface area contributed by atoms with Crippen molar-refractivity contribution < 1.29 is 0 Å². The number of aromatic nitrogens is 1. The van der Waals surface area contributed by atoms with E-state index in [1.807, 2.05) is 19.1 Å². The Morgan fingerprint density at radius 3 is 2.64 bits per heavy atom. The van der Waals surface area contributed by atoms with Crippen LogP contribution in [0.1, 0.15) is 10.6 Å². The van der Waals surface area contributed by atoms with Crippen LogP contribution in [0.2, 0.25) is 4.34 Å². The van der Waals surface area contributed by atoms with Gasteiger partial charge >= 0.3 is 0 Å². The van der Waals surface area contributed by atoms with Gasteiger partial charge in [-0.05, 0) is 19.1 Å². The smallest absolute Gasteiger partial charge is 0.133 e. The van der Waals surface area contributed by atoms with E-state index >= 15 is 0 Å². The summed E-state index contributed by atoms with van der Waals surface area (Å²) in [5, 5.41) is 1.01. The number of thiazole rings is 1. The summed E-state index contributed by atoms with van der Waals surface area (Å²) in [5.74, 6) is 0.474. The largest absolute Gasteiger partial charge is 0.239 e. The topological polar surface area (TPSA) is 12.9 Å². The van der Waals surface area contributed by atoms with Crippen LogP contribution in [0.25, 0.3) is 9.88 Å². The zero-order chi connectivity index (χ0) is 10.1. The van der Waals surface area contributed by atoms with Gasteiger partial charge in [-0.15, -0.1) is 34.3 Å². The molecule has 0 saturated heterocycles. The maximum Gasteiger partial charge on any atom is 0.133 e. The quantitative estimate of drug-likeness (QED) is 0.724. The number of rotatable bonds is 2. The van der Waals surface area contributed by atoms with Gasteiger partial charge < -0.3 is 0 Å². The Morgan fingerprint density at radius 2 is 2.14 bits per heavy atom. The summed E-state index contributed by atoms with van der Waals surface area (Å²) in [5.41, 5.74) is 0.969. The van der Waals surface area contributed by atoms with Crippen molar-refractivity contribution >= 4 is 45.9 Å². The summed E-state index contributed by atoms with van der Waals surface area (Å²) in [6.45, 7) is 2.04. The van der Waals surface area contributed by atoms with Gasteiger partial charge in [-0.3, -0.25) is 0 Å². The molecule has 2 aromatic heterocycles. The minimum Gasteiger partial charge on any atom is -0.239 e. The lowest BCUT2D eigenvalue weighted by Gasteiger charge is -1.86. The lowest BCUT2D eigenvalue weighted by Crippen LogP contribution is -1.79. The molecule has 2 rings (SSSR count). The van der Waals surface area contributed by atoms with Gasteiger partial charge in [0.15, 0.2) is 0 Å². The number of halogens is 2. The normalized spacial score (nSPS) is 10.8. The van der Waals surface area contributed by atoms with Crippen LogP contribution in [0.4, 0.5) is 0 Å². The standard InChI is InChI=1S/C9H7Cl2NS2/c1-5-6(4-10)12-9(13-5)7-2-3-8(11)14-7/h2-3H,4H2,1H3. The number of hydrogen-bond donors (Lipinski definition) is 0. The Morgan fingerprint density at radius 1 is 1.36 bits per heavy atom. The van der Waals surface area contributed by atoms with Crippen LogP contribution in [-0.2, 0) is 5.88 Å². The van der Waals surface area contributed by atoms with E-state index in [-0.39, 0.29) is 0 Å². The van der Waals surface area contributed by atoms with Crippen LogP contribution in [0, 0.1) is 6.92 Å². The molecule has 0 fully saturated rings. The van der Waals surface area contributed by atoms with E-state index in [1.54, 1.807) is 22.7 Å². The minimum atomic E-state index is 0.474. The molecule has 0 amide bonds. The summed E-state index contributed by atoms with van der Waals surface area (Å²) in [6, 6.07) is 3.88. The summed E-state index contributed by atoms with van der Waals surface area (Å²) < 4.78 is 0.792. The Labute approximate surface area is 100 Å². The SMILES string of the molecule is Cc1sc(-c2ccc(Cl)s2)nc1CCl. The molecule has 0 radical (unpaired) electrons. The molecule has 0 spiro atoms. The third-order valence-corrected chi connectivity index (χ3v) is 4.47. The lowest BCUT2D eigenvalue weighted by molar-refractivity contribution is 1.20. The van der Waals surface area contributed by atoms with Crippen LogP contribution in [0.5, 0.6) is 0 Å². The van der Waals surface area contributed by atoms with Crippen molar-refractivity contribution in [3.63, 3.8) is 0 Å². The van der Waals surface area contributed by atoms with E-state index in [0.717, 1.165) is 19.9 Å². The highest BCUT2D eigenvalue weighted by Crippen LogP contribution is 2.34. The number of hydrogen-bond acceptors (Lipinski definition) is 3. The van der Waals surface area contributed by atoms with Gasteiger partial charge in [0.1, 0.15) is 5.01 Å². The summed E-state index contributed by atoms with van der Waals surface area (Å²) in [6.07, 6.45) is 0. The highest BCUT2D eigenvalue weighted by molar-refractivity contribution is 7.23. The molecule has 1 nitrogen and oxygen atoms in total. The van der Waals surface area contributed by atoms with E-state index in [1.165, 1.54) is 4.88 Å². The van der Waals surface area contributed by atoms with Gasteiger partial charge in [0.05, 0.1) is 20.8 Å². The first kappa shape index (κ1) is 10.4. The predicted molar refractivity (Wildman–Crippen MR) is 64.7 cm³/mol. The summed E-state index contributed by atoms with van der Waals surface area (Å²) in [4.78, 5) is 6.74. The molecule has 0 aliphatic heterocycles. The van der Waals surface area contributed by atoms with Crippen LogP contribution < -0.4 is 0 Å². The fraction of sp³-hybridized carbons (Fsp3) is 0.222. The highest BCUT2D eigenvalue weighted by Gasteiger charge is 2.09. The maximum atomic E-state index is 5.86. The summed E-state index contributed by atoms with van der Waals surface area (Å²) in [7, 11) is 0. The Balaban J connectivity index is 2.42. The second-order valence-electron chi connectivity index (χ2n) is 2.76. The van der Waals surface area contributed by atoms with Crippen molar-refractivity contribution in [2.75, 3.05) is 0 Å². The number of thiophene rings is 1. The molecule has 0 atom stereocenters. The van der Waals surface area contributed by atoms with Gasteiger partial charge in [0.2, 0.25) is 0 Å². The van der Waals surface area contributed by atoms with Gasteiger partial charge in [-0.25, -0.2) is 4.98 Å². The number of alkyl halides is 1. The van der Waals surface area contributed by atoms with E-state index in [0.29, 0.717) is 5.88 Å². The first-order valence-electron chi connectivity index (χ1n) is 3.98. The van der Waals surface area contributed by atoms with Crippen LogP contribution in [-0.4, -0.2) is 4.98 Å². The van der Waals surface area contributed by atoms with E-state index in [9.17, 15) is 0 Å². The fourth-order valence-electron chi connectivity index (χ4n) is 1.09. The predicted octanol–water partition coefficient (Wildman–Crippen LogP) is 4.57. The lowest BCUT2D eigenvalue weighted by atomic mass is 10.4. The Kier molecular flexibility index (Phi) is 3.12. The third-order valence-electron chi connectivity index (χ3n) is 1.80. The monoisotopic (exact) mass is 263 g/mol. The second kappa shape index (κ2) is 4.19. The first-order chi connectivity index (χ1) is 6.70. The highest BCUT2D eigenvalue weighted by atomic mass is 35.5. The van der Waals surface area contributed by atoms with Crippen LogP contribution in [0.15, 0.2) is 12.1 Å². The molecule has 0 unspecified atom stereocenters. The minimum absolute atomic E-state index is 0.474. The van der Waals surface area contributed by atoms with Crippen molar-refractivity contribution in [3.05, 3.63) is 27.0 Å². The molecule has 0 aromatic carbocycles. The van der Waals surface area contributed by atoms with Gasteiger partial charge in [0.25, 0.3) is 0 Å². The summed E-state index contributed by atoms with van der Waals surface area (Å²) >= 11 is 14.8. The Hall–Kier alpha value is -0.0900. The van der Waals surface area contributed by atoms with Crippen molar-refractivity contribution in [1.29, 1.82) is 0 Å². The molecule has 5 heteroatoms. The zero-order valence-corrected chi connectivity index (χ0v) is 10.5. The van der Waals surface area contributed by atoms with Crippen molar-refractivity contribution in [1.82, 2.24) is 4.98 Å². The van der Waals surface area contributed by atoms with Gasteiger partial charge in [-0.1, -0.05) is 11.6 Å². The molecular formula is C9H7Cl2NS2. The molecule has 14 heavy (non-hydrogen) atoms. The van der Waals surface area contributed by atoms with Crippen molar-refractivity contribution in [3.8, 4) is 9.88 Å². The molecule has 2 heterocycles. The van der Waals surface area contributed by atoms with Gasteiger partial charge in [0, 0.05) is 4.88 Å². The molecule has 0 bridgehead atoms. The van der Waals surface area contributed by atoms with E-state index in [4.69, 9.17) is 23.2 Å². The molecule has 2 aromatic rings. The average Bonchev–Trinajstić information content (AvgIpc) is 2.71. The van der Waals surface area contributed by atoms with Crippen molar-refractivity contribution in [2.45, 2.75) is 12.8 Å². The second-order valence-corrected chi connectivity index (χ2v) is 5.94. The third kappa shape index (κ3) is 1.96. The molecule has 0 aliphatic carbocycles.